The third-order valence-electron chi connectivity index (χ3n) is 4.34. The standard InChI is InChI=1S/C21H25N5OS/c1-5-16(4)23-19(27)13-28-21-25-24-20(18-8-6-7-9-22-18)26(21)17-11-14(2)10-15(3)12-17/h6-12,16H,5,13H2,1-4H3,(H,23,27). The number of nitrogens with zero attached hydrogens (tertiary/aromatic N) is 4. The molecular weight excluding hydrogens is 370 g/mol. The van der Waals surface area contributed by atoms with E-state index in [0.717, 1.165) is 28.9 Å². The summed E-state index contributed by atoms with van der Waals surface area (Å²) in [4.78, 5) is 16.6. The van der Waals surface area contributed by atoms with Crippen LogP contribution in [-0.4, -0.2) is 37.5 Å². The molecule has 1 N–H and O–H groups in total. The molecule has 0 aliphatic heterocycles. The van der Waals surface area contributed by atoms with Crippen molar-refractivity contribution < 1.29 is 4.79 Å². The molecule has 1 atom stereocenters. The summed E-state index contributed by atoms with van der Waals surface area (Å²) >= 11 is 1.38. The Kier molecular flexibility index (Phi) is 6.46. The quantitative estimate of drug-likeness (QED) is 0.613. The summed E-state index contributed by atoms with van der Waals surface area (Å²) in [5, 5.41) is 12.4. The van der Waals surface area contributed by atoms with E-state index in [0.29, 0.717) is 11.0 Å². The molecule has 2 aromatic heterocycles. The number of nitrogens with one attached hydrogen (secondary N) is 1. The molecule has 0 fully saturated rings. The average molecular weight is 396 g/mol. The van der Waals surface area contributed by atoms with E-state index >= 15 is 0 Å². The second kappa shape index (κ2) is 9.01. The van der Waals surface area contributed by atoms with Crippen LogP contribution >= 0.6 is 11.8 Å². The topological polar surface area (TPSA) is 72.7 Å². The molecule has 1 unspecified atom stereocenters. The van der Waals surface area contributed by atoms with Gasteiger partial charge in [0.05, 0.1) is 11.4 Å². The first-order chi connectivity index (χ1) is 13.5. The van der Waals surface area contributed by atoms with Crippen LogP contribution < -0.4 is 5.32 Å². The van der Waals surface area contributed by atoms with Gasteiger partial charge < -0.3 is 5.32 Å². The summed E-state index contributed by atoms with van der Waals surface area (Å²) < 4.78 is 1.98. The number of aromatic nitrogens is 4. The molecule has 0 saturated carbocycles. The van der Waals surface area contributed by atoms with Crippen LogP contribution in [0, 0.1) is 13.8 Å². The zero-order chi connectivity index (χ0) is 20.1. The number of amides is 1. The molecule has 0 spiro atoms. The van der Waals surface area contributed by atoms with Gasteiger partial charge in [-0.2, -0.15) is 0 Å². The molecule has 6 nitrogen and oxygen atoms in total. The van der Waals surface area contributed by atoms with Gasteiger partial charge in [0.25, 0.3) is 0 Å². The van der Waals surface area contributed by atoms with Crippen molar-refractivity contribution in [2.24, 2.45) is 0 Å². The van der Waals surface area contributed by atoms with Crippen LogP contribution in [0.15, 0.2) is 47.8 Å². The number of thioether (sulfide) groups is 1. The van der Waals surface area contributed by atoms with Gasteiger partial charge in [-0.25, -0.2) is 0 Å². The third kappa shape index (κ3) is 4.78. The SMILES string of the molecule is CCC(C)NC(=O)CSc1nnc(-c2ccccn2)n1-c1cc(C)cc(C)c1. The maximum atomic E-state index is 12.2. The highest BCUT2D eigenvalue weighted by molar-refractivity contribution is 7.99. The Bertz CT molecular complexity index is 934. The Morgan fingerprint density at radius 1 is 1.18 bits per heavy atom. The number of hydrogen-bond acceptors (Lipinski definition) is 5. The molecule has 0 radical (unpaired) electrons. The van der Waals surface area contributed by atoms with Gasteiger partial charge in [-0.15, -0.1) is 10.2 Å². The molecule has 0 bridgehead atoms. The molecule has 3 aromatic rings. The van der Waals surface area contributed by atoms with Crippen molar-refractivity contribution in [1.82, 2.24) is 25.1 Å². The number of pyridine rings is 1. The third-order valence-corrected chi connectivity index (χ3v) is 5.27. The number of rotatable bonds is 7. The second-order valence-corrected chi connectivity index (χ2v) is 7.81. The summed E-state index contributed by atoms with van der Waals surface area (Å²) in [7, 11) is 0. The molecule has 7 heteroatoms. The van der Waals surface area contributed by atoms with Gasteiger partial charge >= 0.3 is 0 Å². The molecule has 0 aliphatic rings. The summed E-state index contributed by atoms with van der Waals surface area (Å²) in [5.41, 5.74) is 4.01. The van der Waals surface area contributed by atoms with Crippen molar-refractivity contribution in [2.45, 2.75) is 45.3 Å². The van der Waals surface area contributed by atoms with Crippen molar-refractivity contribution in [2.75, 3.05) is 5.75 Å². The Morgan fingerprint density at radius 2 is 1.93 bits per heavy atom. The predicted octanol–water partition coefficient (Wildman–Crippen LogP) is 3.95. The van der Waals surface area contributed by atoms with E-state index in [2.05, 4.69) is 52.5 Å². The zero-order valence-corrected chi connectivity index (χ0v) is 17.5. The van der Waals surface area contributed by atoms with Crippen LogP contribution in [0.25, 0.3) is 17.2 Å². The minimum Gasteiger partial charge on any atom is -0.353 e. The number of hydrogen-bond donors (Lipinski definition) is 1. The van der Waals surface area contributed by atoms with E-state index < -0.39 is 0 Å². The van der Waals surface area contributed by atoms with Gasteiger partial charge in [-0.05, 0) is 62.6 Å². The van der Waals surface area contributed by atoms with Crippen LogP contribution in [0.3, 0.4) is 0 Å². The van der Waals surface area contributed by atoms with Crippen molar-refractivity contribution in [3.05, 3.63) is 53.7 Å². The lowest BCUT2D eigenvalue weighted by molar-refractivity contribution is -0.119. The largest absolute Gasteiger partial charge is 0.353 e. The first-order valence-electron chi connectivity index (χ1n) is 9.35. The zero-order valence-electron chi connectivity index (χ0n) is 16.6. The first kappa shape index (κ1) is 20.1. The lowest BCUT2D eigenvalue weighted by Gasteiger charge is -2.13. The van der Waals surface area contributed by atoms with E-state index in [1.165, 1.54) is 11.8 Å². The highest BCUT2D eigenvalue weighted by Crippen LogP contribution is 2.28. The maximum Gasteiger partial charge on any atom is 0.230 e. The summed E-state index contributed by atoms with van der Waals surface area (Å²) in [6.45, 7) is 8.18. The lowest BCUT2D eigenvalue weighted by atomic mass is 10.1. The molecule has 0 saturated heterocycles. The summed E-state index contributed by atoms with van der Waals surface area (Å²) in [6, 6.07) is 12.2. The number of aryl methyl sites for hydroxylation is 2. The highest BCUT2D eigenvalue weighted by atomic mass is 32.2. The van der Waals surface area contributed by atoms with Gasteiger partial charge in [0.2, 0.25) is 5.91 Å². The fourth-order valence-electron chi connectivity index (χ4n) is 2.89. The molecule has 1 aromatic carbocycles. The van der Waals surface area contributed by atoms with E-state index in [1.54, 1.807) is 6.20 Å². The molecule has 28 heavy (non-hydrogen) atoms. The fraction of sp³-hybridized carbons (Fsp3) is 0.333. The Hall–Kier alpha value is -2.67. The molecule has 3 rings (SSSR count). The fourth-order valence-corrected chi connectivity index (χ4v) is 3.65. The number of carbonyl (C=O) groups is 1. The Labute approximate surface area is 169 Å². The Morgan fingerprint density at radius 3 is 2.57 bits per heavy atom. The smallest absolute Gasteiger partial charge is 0.230 e. The average Bonchev–Trinajstić information content (AvgIpc) is 3.10. The molecule has 146 valence electrons. The van der Waals surface area contributed by atoms with Crippen molar-refractivity contribution >= 4 is 17.7 Å². The lowest BCUT2D eigenvalue weighted by Crippen LogP contribution is -2.33. The minimum atomic E-state index is -0.00583. The minimum absolute atomic E-state index is 0.00583. The van der Waals surface area contributed by atoms with Gasteiger partial charge in [0, 0.05) is 12.2 Å². The van der Waals surface area contributed by atoms with E-state index in [4.69, 9.17) is 0 Å². The van der Waals surface area contributed by atoms with Crippen LogP contribution in [-0.2, 0) is 4.79 Å². The van der Waals surface area contributed by atoms with E-state index in [9.17, 15) is 4.79 Å². The van der Waals surface area contributed by atoms with Crippen LogP contribution in [0.4, 0.5) is 0 Å². The van der Waals surface area contributed by atoms with Gasteiger partial charge in [-0.3, -0.25) is 14.3 Å². The van der Waals surface area contributed by atoms with Crippen LogP contribution in [0.5, 0.6) is 0 Å². The van der Waals surface area contributed by atoms with Crippen molar-refractivity contribution in [3.8, 4) is 17.2 Å². The second-order valence-electron chi connectivity index (χ2n) is 6.87. The number of carbonyl (C=O) groups excluding carboxylic acids is 1. The van der Waals surface area contributed by atoms with E-state index in [-0.39, 0.29) is 17.7 Å². The maximum absolute atomic E-state index is 12.2. The van der Waals surface area contributed by atoms with Crippen molar-refractivity contribution in [1.29, 1.82) is 0 Å². The van der Waals surface area contributed by atoms with Gasteiger partial charge in [-0.1, -0.05) is 30.8 Å². The first-order valence-corrected chi connectivity index (χ1v) is 10.3. The molecular formula is C21H25N5OS. The molecule has 2 heterocycles. The molecule has 0 aliphatic carbocycles. The van der Waals surface area contributed by atoms with Gasteiger partial charge in [0.15, 0.2) is 11.0 Å². The monoisotopic (exact) mass is 395 g/mol. The van der Waals surface area contributed by atoms with Crippen LogP contribution in [0.2, 0.25) is 0 Å². The van der Waals surface area contributed by atoms with E-state index in [1.807, 2.05) is 36.6 Å². The van der Waals surface area contributed by atoms with Crippen molar-refractivity contribution in [3.63, 3.8) is 0 Å². The normalized spacial score (nSPS) is 12.0. The van der Waals surface area contributed by atoms with Gasteiger partial charge in [0.1, 0.15) is 5.69 Å². The highest BCUT2D eigenvalue weighted by Gasteiger charge is 2.18. The summed E-state index contributed by atoms with van der Waals surface area (Å²) in [6.07, 6.45) is 2.64. The predicted molar refractivity (Wildman–Crippen MR) is 113 cm³/mol. The Balaban J connectivity index is 1.96. The summed E-state index contributed by atoms with van der Waals surface area (Å²) in [5.74, 6) is 0.944. The van der Waals surface area contributed by atoms with Crippen LogP contribution in [0.1, 0.15) is 31.4 Å². The molecule has 1 amide bonds. The number of benzene rings is 1.